The Labute approximate surface area is 111 Å². The van der Waals surface area contributed by atoms with Crippen molar-refractivity contribution in [3.05, 3.63) is 24.0 Å². The molecule has 2 aliphatic rings. The average molecular weight is 260 g/mol. The van der Waals surface area contributed by atoms with Crippen LogP contribution in [0.1, 0.15) is 25.3 Å². The quantitative estimate of drug-likeness (QED) is 0.854. The molecule has 19 heavy (non-hydrogen) atoms. The van der Waals surface area contributed by atoms with E-state index in [1.165, 1.54) is 25.5 Å². The maximum Gasteiger partial charge on any atom is 0.201 e. The van der Waals surface area contributed by atoms with Gasteiger partial charge in [0.1, 0.15) is 5.82 Å². The predicted octanol–water partition coefficient (Wildman–Crippen LogP) is 2.17. The molecule has 2 aromatic rings. The third kappa shape index (κ3) is 1.57. The first kappa shape index (κ1) is 11.2. The van der Waals surface area contributed by atoms with Crippen LogP contribution in [0, 0.1) is 5.82 Å². The van der Waals surface area contributed by atoms with E-state index >= 15 is 0 Å². The summed E-state index contributed by atoms with van der Waals surface area (Å²) in [5, 5.41) is 0. The van der Waals surface area contributed by atoms with Crippen LogP contribution in [-0.4, -0.2) is 33.6 Å². The number of imidazole rings is 1. The van der Waals surface area contributed by atoms with Crippen LogP contribution in [0.2, 0.25) is 0 Å². The smallest absolute Gasteiger partial charge is 0.201 e. The van der Waals surface area contributed by atoms with Gasteiger partial charge < -0.3 is 10.3 Å². The lowest BCUT2D eigenvalue weighted by molar-refractivity contribution is 0.293. The molecule has 2 N–H and O–H groups in total. The summed E-state index contributed by atoms with van der Waals surface area (Å²) >= 11 is 0. The third-order valence-corrected chi connectivity index (χ3v) is 4.58. The van der Waals surface area contributed by atoms with Crippen LogP contribution in [0.25, 0.3) is 11.0 Å². The molecule has 3 heterocycles. The number of hydrogen-bond donors (Lipinski definition) is 1. The van der Waals surface area contributed by atoms with Crippen LogP contribution >= 0.6 is 0 Å². The van der Waals surface area contributed by atoms with Gasteiger partial charge in [-0.1, -0.05) is 0 Å². The number of anilines is 1. The number of fused-ring (bicyclic) bond motifs is 2. The van der Waals surface area contributed by atoms with E-state index in [1.54, 1.807) is 12.1 Å². The molecule has 4 nitrogen and oxygen atoms in total. The fourth-order valence-corrected chi connectivity index (χ4v) is 3.79. The van der Waals surface area contributed by atoms with Crippen molar-refractivity contribution >= 4 is 17.0 Å². The Morgan fingerprint density at radius 2 is 2.11 bits per heavy atom. The van der Waals surface area contributed by atoms with Crippen molar-refractivity contribution in [1.29, 1.82) is 0 Å². The second-order valence-electron chi connectivity index (χ2n) is 5.57. The Kier molecular flexibility index (Phi) is 2.33. The summed E-state index contributed by atoms with van der Waals surface area (Å²) in [7, 11) is 0. The first-order valence-corrected chi connectivity index (χ1v) is 6.91. The molecule has 2 saturated heterocycles. The topological polar surface area (TPSA) is 47.1 Å². The zero-order valence-electron chi connectivity index (χ0n) is 10.7. The standard InChI is InChI=1S/C14H17FN4/c15-9-3-4-10-13(8-9)19(14(16)17-10)12-5-7-18-6-1-2-11(12)18/h3-4,8,11-12H,1-2,5-7H2,(H2,16,17). The fraction of sp³-hybridized carbons (Fsp3) is 0.500. The van der Waals surface area contributed by atoms with Crippen molar-refractivity contribution in [2.75, 3.05) is 18.8 Å². The molecule has 5 heteroatoms. The largest absolute Gasteiger partial charge is 0.369 e. The number of halogens is 1. The Bertz CT molecular complexity index is 636. The molecule has 0 saturated carbocycles. The highest BCUT2D eigenvalue weighted by Crippen LogP contribution is 2.39. The summed E-state index contributed by atoms with van der Waals surface area (Å²) in [6.45, 7) is 2.30. The lowest BCUT2D eigenvalue weighted by atomic mass is 10.1. The lowest BCUT2D eigenvalue weighted by Crippen LogP contribution is -2.28. The highest BCUT2D eigenvalue weighted by Gasteiger charge is 2.39. The summed E-state index contributed by atoms with van der Waals surface area (Å²) in [5.74, 6) is 0.286. The van der Waals surface area contributed by atoms with E-state index in [0.717, 1.165) is 24.0 Å². The molecule has 0 aliphatic carbocycles. The van der Waals surface area contributed by atoms with Gasteiger partial charge in [-0.3, -0.25) is 4.90 Å². The minimum absolute atomic E-state index is 0.227. The van der Waals surface area contributed by atoms with E-state index in [1.807, 2.05) is 0 Å². The van der Waals surface area contributed by atoms with E-state index in [2.05, 4.69) is 14.5 Å². The zero-order valence-corrected chi connectivity index (χ0v) is 10.7. The van der Waals surface area contributed by atoms with Gasteiger partial charge in [-0.2, -0.15) is 0 Å². The molecule has 2 fully saturated rings. The van der Waals surface area contributed by atoms with E-state index < -0.39 is 0 Å². The van der Waals surface area contributed by atoms with Crippen molar-refractivity contribution in [2.45, 2.75) is 31.3 Å². The van der Waals surface area contributed by atoms with Crippen LogP contribution in [0.3, 0.4) is 0 Å². The number of aromatic nitrogens is 2. The molecule has 100 valence electrons. The Morgan fingerprint density at radius 1 is 1.21 bits per heavy atom. The monoisotopic (exact) mass is 260 g/mol. The first-order valence-electron chi connectivity index (χ1n) is 6.91. The molecule has 2 aliphatic heterocycles. The average Bonchev–Trinajstić information content (AvgIpc) is 3.03. The number of nitrogen functional groups attached to an aromatic ring is 1. The third-order valence-electron chi connectivity index (χ3n) is 4.58. The molecule has 0 amide bonds. The molecule has 0 bridgehead atoms. The molecule has 2 unspecified atom stereocenters. The second kappa shape index (κ2) is 3.93. The number of hydrogen-bond acceptors (Lipinski definition) is 3. The molecule has 1 aromatic heterocycles. The number of benzene rings is 1. The van der Waals surface area contributed by atoms with Crippen molar-refractivity contribution in [2.24, 2.45) is 0 Å². The zero-order chi connectivity index (χ0) is 13.0. The van der Waals surface area contributed by atoms with E-state index in [-0.39, 0.29) is 5.82 Å². The summed E-state index contributed by atoms with van der Waals surface area (Å²) in [5.41, 5.74) is 7.69. The van der Waals surface area contributed by atoms with E-state index in [9.17, 15) is 4.39 Å². The molecule has 2 atom stereocenters. The normalized spacial score (nSPS) is 27.2. The van der Waals surface area contributed by atoms with Gasteiger partial charge in [0.05, 0.1) is 17.1 Å². The lowest BCUT2D eigenvalue weighted by Gasteiger charge is -2.22. The van der Waals surface area contributed by atoms with Crippen LogP contribution in [0.5, 0.6) is 0 Å². The van der Waals surface area contributed by atoms with Crippen molar-refractivity contribution < 1.29 is 4.39 Å². The Balaban J connectivity index is 1.86. The number of rotatable bonds is 1. The number of nitrogens with zero attached hydrogens (tertiary/aromatic N) is 3. The van der Waals surface area contributed by atoms with E-state index in [0.29, 0.717) is 18.0 Å². The van der Waals surface area contributed by atoms with Gasteiger partial charge in [-0.05, 0) is 44.0 Å². The Morgan fingerprint density at radius 3 is 3.00 bits per heavy atom. The fourth-order valence-electron chi connectivity index (χ4n) is 3.79. The minimum Gasteiger partial charge on any atom is -0.369 e. The van der Waals surface area contributed by atoms with Gasteiger partial charge in [-0.15, -0.1) is 0 Å². The SMILES string of the molecule is Nc1nc2ccc(F)cc2n1C1CCN2CCCC12. The summed E-state index contributed by atoms with van der Waals surface area (Å²) < 4.78 is 15.5. The van der Waals surface area contributed by atoms with Crippen LogP contribution in [0.4, 0.5) is 10.3 Å². The summed E-state index contributed by atoms with van der Waals surface area (Å²) in [6, 6.07) is 5.59. The highest BCUT2D eigenvalue weighted by molar-refractivity contribution is 5.78. The van der Waals surface area contributed by atoms with Crippen molar-refractivity contribution in [3.63, 3.8) is 0 Å². The van der Waals surface area contributed by atoms with Gasteiger partial charge in [0.15, 0.2) is 0 Å². The second-order valence-corrected chi connectivity index (χ2v) is 5.57. The summed E-state index contributed by atoms with van der Waals surface area (Å²) in [6.07, 6.45) is 3.54. The van der Waals surface area contributed by atoms with Gasteiger partial charge in [0.25, 0.3) is 0 Å². The first-order chi connectivity index (χ1) is 9.24. The molecule has 0 radical (unpaired) electrons. The minimum atomic E-state index is -0.227. The van der Waals surface area contributed by atoms with Gasteiger partial charge in [0, 0.05) is 12.6 Å². The molecule has 1 aromatic carbocycles. The molecule has 0 spiro atoms. The maximum absolute atomic E-state index is 13.5. The van der Waals surface area contributed by atoms with Crippen LogP contribution in [0.15, 0.2) is 18.2 Å². The molecular formula is C14H17FN4. The van der Waals surface area contributed by atoms with E-state index in [4.69, 9.17) is 5.73 Å². The van der Waals surface area contributed by atoms with Crippen LogP contribution < -0.4 is 5.73 Å². The predicted molar refractivity (Wildman–Crippen MR) is 72.4 cm³/mol. The van der Waals surface area contributed by atoms with Gasteiger partial charge >= 0.3 is 0 Å². The summed E-state index contributed by atoms with van der Waals surface area (Å²) in [4.78, 5) is 6.89. The maximum atomic E-state index is 13.5. The van der Waals surface area contributed by atoms with Gasteiger partial charge in [0.2, 0.25) is 5.95 Å². The van der Waals surface area contributed by atoms with Crippen LogP contribution in [-0.2, 0) is 0 Å². The van der Waals surface area contributed by atoms with Gasteiger partial charge in [-0.25, -0.2) is 9.37 Å². The Hall–Kier alpha value is -1.62. The highest BCUT2D eigenvalue weighted by atomic mass is 19.1. The van der Waals surface area contributed by atoms with Crippen molar-refractivity contribution in [3.8, 4) is 0 Å². The molecular weight excluding hydrogens is 243 g/mol. The number of nitrogens with two attached hydrogens (primary N) is 1. The molecule has 4 rings (SSSR count). The van der Waals surface area contributed by atoms with Crippen molar-refractivity contribution in [1.82, 2.24) is 14.5 Å².